The van der Waals surface area contributed by atoms with Crippen LogP contribution < -0.4 is 0 Å². The molecule has 1 aromatic carbocycles. The molecule has 0 spiro atoms. The molecule has 0 fully saturated rings. The quantitative estimate of drug-likeness (QED) is 0.469. The van der Waals surface area contributed by atoms with Gasteiger partial charge in [-0.1, -0.05) is 39.5 Å². The molecular weight excluding hydrogens is 299 g/mol. The fourth-order valence-corrected chi connectivity index (χ4v) is 2.00. The Morgan fingerprint density at radius 3 is 2.00 bits per heavy atom. The summed E-state index contributed by atoms with van der Waals surface area (Å²) in [7, 11) is 0. The lowest BCUT2D eigenvalue weighted by Gasteiger charge is -2.07. The van der Waals surface area contributed by atoms with Gasteiger partial charge >= 0.3 is 11.9 Å². The van der Waals surface area contributed by atoms with E-state index in [4.69, 9.17) is 9.47 Å². The van der Waals surface area contributed by atoms with E-state index in [1.54, 1.807) is 0 Å². The second kappa shape index (κ2) is 10.8. The van der Waals surface area contributed by atoms with Gasteiger partial charge in [-0.05, 0) is 31.0 Å². The van der Waals surface area contributed by atoms with Gasteiger partial charge in [-0.15, -0.1) is 0 Å². The molecule has 4 nitrogen and oxygen atoms in total. The number of unbranched alkanes of at least 4 members (excludes halogenated alkanes) is 4. The fourth-order valence-electron chi connectivity index (χ4n) is 2.00. The van der Waals surface area contributed by atoms with Crippen LogP contribution in [0.4, 0.5) is 4.39 Å². The molecule has 0 unspecified atom stereocenters. The maximum absolute atomic E-state index is 14.0. The summed E-state index contributed by atoms with van der Waals surface area (Å²) in [5.41, 5.74) is -0.0643. The van der Waals surface area contributed by atoms with Crippen molar-refractivity contribution < 1.29 is 23.5 Å². The van der Waals surface area contributed by atoms with Crippen molar-refractivity contribution in [2.24, 2.45) is 0 Å². The molecule has 0 bridgehead atoms. The van der Waals surface area contributed by atoms with Crippen molar-refractivity contribution >= 4 is 11.9 Å². The highest BCUT2D eigenvalue weighted by atomic mass is 19.1. The van der Waals surface area contributed by atoms with Crippen LogP contribution in [0.5, 0.6) is 0 Å². The third-order valence-corrected chi connectivity index (χ3v) is 3.39. The van der Waals surface area contributed by atoms with E-state index in [1.165, 1.54) is 12.1 Å². The molecule has 1 aromatic rings. The van der Waals surface area contributed by atoms with E-state index < -0.39 is 17.8 Å². The minimum atomic E-state index is -0.770. The van der Waals surface area contributed by atoms with Crippen molar-refractivity contribution in [3.8, 4) is 0 Å². The predicted octanol–water partition coefficient (Wildman–Crippen LogP) is 4.52. The Bertz CT molecular complexity index is 514. The molecule has 0 saturated heterocycles. The molecule has 0 N–H and O–H groups in total. The standard InChI is InChI=1S/C18H25FO4/c1-3-5-7-11-22-17(20)14-9-10-15(16(19)13-14)18(21)23-12-8-6-4-2/h9-10,13H,3-8,11-12H2,1-2H3. The van der Waals surface area contributed by atoms with Gasteiger partial charge in [-0.25, -0.2) is 14.0 Å². The predicted molar refractivity (Wildman–Crippen MR) is 86.0 cm³/mol. The molecule has 0 aliphatic carbocycles. The van der Waals surface area contributed by atoms with Crippen LogP contribution in [0, 0.1) is 5.82 Å². The molecule has 0 radical (unpaired) electrons. The lowest BCUT2D eigenvalue weighted by Crippen LogP contribution is -2.11. The Morgan fingerprint density at radius 2 is 1.48 bits per heavy atom. The zero-order valence-corrected chi connectivity index (χ0v) is 13.9. The SMILES string of the molecule is CCCCCOC(=O)c1ccc(C(=O)OCCCCC)c(F)c1. The number of hydrogen-bond donors (Lipinski definition) is 0. The number of hydrogen-bond acceptors (Lipinski definition) is 4. The van der Waals surface area contributed by atoms with E-state index in [1.807, 2.05) is 6.92 Å². The highest BCUT2D eigenvalue weighted by Gasteiger charge is 2.16. The third-order valence-electron chi connectivity index (χ3n) is 3.39. The molecule has 5 heteroatoms. The Kier molecular flexibility index (Phi) is 8.95. The maximum atomic E-state index is 14.0. The summed E-state index contributed by atoms with van der Waals surface area (Å²) in [6.07, 6.45) is 5.52. The number of benzene rings is 1. The number of carbonyl (C=O) groups is 2. The minimum absolute atomic E-state index is 0.0986. The van der Waals surface area contributed by atoms with Crippen molar-refractivity contribution in [1.82, 2.24) is 0 Å². The average molecular weight is 324 g/mol. The second-order valence-corrected chi connectivity index (χ2v) is 5.38. The van der Waals surface area contributed by atoms with Crippen molar-refractivity contribution in [3.05, 3.63) is 35.1 Å². The van der Waals surface area contributed by atoms with Gasteiger partial charge in [-0.2, -0.15) is 0 Å². The largest absolute Gasteiger partial charge is 0.462 e. The van der Waals surface area contributed by atoms with E-state index in [0.717, 1.165) is 44.6 Å². The molecule has 128 valence electrons. The van der Waals surface area contributed by atoms with Crippen molar-refractivity contribution in [2.75, 3.05) is 13.2 Å². The van der Waals surface area contributed by atoms with Crippen molar-refractivity contribution in [1.29, 1.82) is 0 Å². The van der Waals surface area contributed by atoms with Gasteiger partial charge < -0.3 is 9.47 Å². The topological polar surface area (TPSA) is 52.6 Å². The van der Waals surface area contributed by atoms with Gasteiger partial charge in [-0.3, -0.25) is 0 Å². The first-order chi connectivity index (χ1) is 11.1. The summed E-state index contributed by atoms with van der Waals surface area (Å²) >= 11 is 0. The molecule has 23 heavy (non-hydrogen) atoms. The molecule has 0 amide bonds. The molecule has 0 aliphatic heterocycles. The first-order valence-electron chi connectivity index (χ1n) is 8.24. The number of carbonyl (C=O) groups excluding carboxylic acids is 2. The summed E-state index contributed by atoms with van der Waals surface area (Å²) in [4.78, 5) is 23.6. The Labute approximate surface area is 137 Å². The zero-order valence-electron chi connectivity index (χ0n) is 13.9. The van der Waals surface area contributed by atoms with Crippen LogP contribution in [0.15, 0.2) is 18.2 Å². The van der Waals surface area contributed by atoms with Gasteiger partial charge in [0.15, 0.2) is 0 Å². The van der Waals surface area contributed by atoms with Gasteiger partial charge in [0.05, 0.1) is 24.3 Å². The van der Waals surface area contributed by atoms with Crippen LogP contribution in [0.1, 0.15) is 73.1 Å². The first kappa shape index (κ1) is 19.1. The van der Waals surface area contributed by atoms with Gasteiger partial charge in [0.25, 0.3) is 0 Å². The monoisotopic (exact) mass is 324 g/mol. The van der Waals surface area contributed by atoms with E-state index in [9.17, 15) is 14.0 Å². The third kappa shape index (κ3) is 6.80. The molecular formula is C18H25FO4. The fraction of sp³-hybridized carbons (Fsp3) is 0.556. The first-order valence-corrected chi connectivity index (χ1v) is 8.24. The van der Waals surface area contributed by atoms with E-state index in [0.29, 0.717) is 6.61 Å². The van der Waals surface area contributed by atoms with Crippen LogP contribution in [0.25, 0.3) is 0 Å². The van der Waals surface area contributed by atoms with E-state index >= 15 is 0 Å². The summed E-state index contributed by atoms with van der Waals surface area (Å²) in [6, 6.07) is 3.67. The molecule has 1 rings (SSSR count). The highest BCUT2D eigenvalue weighted by molar-refractivity contribution is 5.93. The Morgan fingerprint density at radius 1 is 0.913 bits per heavy atom. The number of halogens is 1. The lowest BCUT2D eigenvalue weighted by atomic mass is 10.1. The molecule has 0 atom stereocenters. The smallest absolute Gasteiger partial charge is 0.341 e. The normalized spacial score (nSPS) is 10.4. The van der Waals surface area contributed by atoms with Crippen molar-refractivity contribution in [2.45, 2.75) is 52.4 Å². The van der Waals surface area contributed by atoms with Crippen LogP contribution in [0.3, 0.4) is 0 Å². The molecule has 0 saturated carbocycles. The van der Waals surface area contributed by atoms with Gasteiger partial charge in [0.2, 0.25) is 0 Å². The summed E-state index contributed by atoms with van der Waals surface area (Å²) < 4.78 is 24.0. The summed E-state index contributed by atoms with van der Waals surface area (Å²) in [5.74, 6) is -2.06. The van der Waals surface area contributed by atoms with Crippen molar-refractivity contribution in [3.63, 3.8) is 0 Å². The van der Waals surface area contributed by atoms with E-state index in [-0.39, 0.29) is 17.7 Å². The van der Waals surface area contributed by atoms with Gasteiger partial charge in [0, 0.05) is 0 Å². The molecule has 0 aliphatic rings. The van der Waals surface area contributed by atoms with Crippen LogP contribution in [-0.2, 0) is 9.47 Å². The summed E-state index contributed by atoms with van der Waals surface area (Å²) in [5, 5.41) is 0. The zero-order chi connectivity index (χ0) is 17.1. The molecule has 0 aromatic heterocycles. The van der Waals surface area contributed by atoms with Crippen LogP contribution >= 0.6 is 0 Å². The Hall–Kier alpha value is -1.91. The van der Waals surface area contributed by atoms with E-state index in [2.05, 4.69) is 6.92 Å². The minimum Gasteiger partial charge on any atom is -0.462 e. The van der Waals surface area contributed by atoms with Crippen LogP contribution in [-0.4, -0.2) is 25.2 Å². The van der Waals surface area contributed by atoms with Crippen LogP contribution in [0.2, 0.25) is 0 Å². The average Bonchev–Trinajstić information content (AvgIpc) is 2.55. The number of rotatable bonds is 10. The summed E-state index contributed by atoms with van der Waals surface area (Å²) in [6.45, 7) is 4.68. The lowest BCUT2D eigenvalue weighted by molar-refractivity contribution is 0.0479. The second-order valence-electron chi connectivity index (χ2n) is 5.38. The maximum Gasteiger partial charge on any atom is 0.341 e. The number of ether oxygens (including phenoxy) is 2. The Balaban J connectivity index is 2.56. The number of esters is 2. The highest BCUT2D eigenvalue weighted by Crippen LogP contribution is 2.13. The molecule has 0 heterocycles. The van der Waals surface area contributed by atoms with Gasteiger partial charge in [0.1, 0.15) is 5.82 Å².